The van der Waals surface area contributed by atoms with Crippen molar-refractivity contribution in [1.82, 2.24) is 4.72 Å². The number of rotatable bonds is 3. The number of halogens is 1. The largest absolute Gasteiger partial charge is 0.393 e. The zero-order valence-electron chi connectivity index (χ0n) is 5.83. The van der Waals surface area contributed by atoms with Crippen molar-refractivity contribution in [1.29, 1.82) is 0 Å². The van der Waals surface area contributed by atoms with Crippen LogP contribution in [0.1, 0.15) is 12.8 Å². The van der Waals surface area contributed by atoms with Gasteiger partial charge in [-0.25, -0.2) is 13.1 Å². The van der Waals surface area contributed by atoms with Crippen molar-refractivity contribution in [3.05, 3.63) is 0 Å². The predicted octanol–water partition coefficient (Wildman–Crippen LogP) is -0.375. The molecule has 0 aromatic carbocycles. The number of hydrogen-bond donors (Lipinski definition) is 2. The first-order valence-electron chi connectivity index (χ1n) is 3.27. The molecule has 0 heterocycles. The molecule has 1 fully saturated rings. The molecule has 0 radical (unpaired) electrons. The molecule has 1 saturated carbocycles. The lowest BCUT2D eigenvalue weighted by atomic mass is 9.91. The van der Waals surface area contributed by atoms with E-state index in [-0.39, 0.29) is 12.1 Å². The minimum Gasteiger partial charge on any atom is -0.393 e. The second kappa shape index (κ2) is 3.26. The van der Waals surface area contributed by atoms with Crippen LogP contribution in [-0.4, -0.2) is 30.9 Å². The fraction of sp³-hybridized carbons (Fsp3) is 1.00. The number of nitrogens with one attached hydrogen (secondary N) is 1. The molecule has 1 rings (SSSR count). The van der Waals surface area contributed by atoms with Crippen molar-refractivity contribution in [3.63, 3.8) is 0 Å². The maximum absolute atomic E-state index is 10.8. The van der Waals surface area contributed by atoms with Gasteiger partial charge in [0.15, 0.2) is 0 Å². The third-order valence-electron chi connectivity index (χ3n) is 1.60. The van der Waals surface area contributed by atoms with Gasteiger partial charge in [0.1, 0.15) is 5.21 Å². The van der Waals surface area contributed by atoms with Gasteiger partial charge in [-0.05, 0) is 12.8 Å². The molecule has 0 atom stereocenters. The van der Waals surface area contributed by atoms with E-state index < -0.39 is 15.2 Å². The van der Waals surface area contributed by atoms with Crippen molar-refractivity contribution in [2.75, 3.05) is 5.21 Å². The molecule has 0 bridgehead atoms. The lowest BCUT2D eigenvalue weighted by Gasteiger charge is -2.31. The molecule has 0 aliphatic heterocycles. The van der Waals surface area contributed by atoms with Crippen molar-refractivity contribution in [2.24, 2.45) is 0 Å². The third-order valence-corrected chi connectivity index (χ3v) is 3.44. The van der Waals surface area contributed by atoms with Gasteiger partial charge in [0.05, 0.1) is 6.10 Å². The maximum Gasteiger partial charge on any atom is 0.225 e. The molecule has 1 aliphatic rings. The highest BCUT2D eigenvalue weighted by atomic mass is 35.5. The monoisotopic (exact) mass is 199 g/mol. The Morgan fingerprint density at radius 2 is 2.09 bits per heavy atom. The zero-order valence-corrected chi connectivity index (χ0v) is 7.40. The molecule has 66 valence electrons. The Hall–Kier alpha value is 0.160. The molecule has 0 aromatic rings. The molecule has 0 spiro atoms. The van der Waals surface area contributed by atoms with E-state index in [4.69, 9.17) is 16.7 Å². The van der Waals surface area contributed by atoms with Gasteiger partial charge < -0.3 is 5.11 Å². The van der Waals surface area contributed by atoms with Crippen LogP contribution in [0.25, 0.3) is 0 Å². The first-order valence-corrected chi connectivity index (χ1v) is 5.46. The minimum atomic E-state index is -3.30. The van der Waals surface area contributed by atoms with Crippen molar-refractivity contribution in [3.8, 4) is 0 Å². The van der Waals surface area contributed by atoms with Gasteiger partial charge in [0.25, 0.3) is 0 Å². The summed E-state index contributed by atoms with van der Waals surface area (Å²) in [6.07, 6.45) is 0.643. The molecule has 11 heavy (non-hydrogen) atoms. The van der Waals surface area contributed by atoms with Crippen molar-refractivity contribution >= 4 is 21.6 Å². The standard InChI is InChI=1S/C5H10ClNO3S/c6-3-11(9,10)7-4-1-5(8)2-4/h4-5,7-8H,1-3H2. The summed E-state index contributed by atoms with van der Waals surface area (Å²) >= 11 is 5.14. The number of hydrogen-bond acceptors (Lipinski definition) is 3. The Morgan fingerprint density at radius 3 is 2.45 bits per heavy atom. The van der Waals surface area contributed by atoms with Crippen LogP contribution < -0.4 is 4.72 Å². The molecule has 0 saturated heterocycles. The first-order chi connectivity index (χ1) is 5.03. The summed E-state index contributed by atoms with van der Waals surface area (Å²) in [7, 11) is -3.30. The SMILES string of the molecule is O=S(=O)(CCl)NC1CC(O)C1. The van der Waals surface area contributed by atoms with Crippen LogP contribution in [0.15, 0.2) is 0 Å². The minimum absolute atomic E-state index is 0.117. The summed E-state index contributed by atoms with van der Waals surface area (Å²) < 4.78 is 23.9. The second-order valence-electron chi connectivity index (χ2n) is 2.66. The lowest BCUT2D eigenvalue weighted by molar-refractivity contribution is 0.0712. The number of aliphatic hydroxyl groups excluding tert-OH is 1. The quantitative estimate of drug-likeness (QED) is 0.610. The zero-order chi connectivity index (χ0) is 8.48. The van der Waals surface area contributed by atoms with Gasteiger partial charge in [-0.15, -0.1) is 11.6 Å². The fourth-order valence-electron chi connectivity index (χ4n) is 0.969. The molecule has 2 N–H and O–H groups in total. The van der Waals surface area contributed by atoms with Gasteiger partial charge >= 0.3 is 0 Å². The van der Waals surface area contributed by atoms with Crippen LogP contribution in [0, 0.1) is 0 Å². The highest BCUT2D eigenvalue weighted by Crippen LogP contribution is 2.20. The van der Waals surface area contributed by atoms with E-state index in [1.807, 2.05) is 0 Å². The lowest BCUT2D eigenvalue weighted by Crippen LogP contribution is -2.46. The molecule has 1 aliphatic carbocycles. The van der Waals surface area contributed by atoms with Crippen LogP contribution in [0.2, 0.25) is 0 Å². The summed E-state index contributed by atoms with van der Waals surface area (Å²) in [6, 6.07) is -0.117. The maximum atomic E-state index is 10.8. The van der Waals surface area contributed by atoms with Gasteiger partial charge in [-0.1, -0.05) is 0 Å². The Balaban J connectivity index is 2.33. The smallest absolute Gasteiger partial charge is 0.225 e. The summed E-state index contributed by atoms with van der Waals surface area (Å²) in [6.45, 7) is 0. The Bertz CT molecular complexity index is 222. The molecule has 0 unspecified atom stereocenters. The van der Waals surface area contributed by atoms with Crippen LogP contribution in [0.4, 0.5) is 0 Å². The highest BCUT2D eigenvalue weighted by molar-refractivity contribution is 7.90. The number of alkyl halides is 1. The molecular weight excluding hydrogens is 190 g/mol. The van der Waals surface area contributed by atoms with E-state index >= 15 is 0 Å². The molecule has 4 nitrogen and oxygen atoms in total. The predicted molar refractivity (Wildman–Crippen MR) is 41.8 cm³/mol. The first kappa shape index (κ1) is 9.25. The van der Waals surface area contributed by atoms with Gasteiger partial charge in [-0.3, -0.25) is 0 Å². The van der Waals surface area contributed by atoms with E-state index in [2.05, 4.69) is 4.72 Å². The Labute approximate surface area is 70.6 Å². The van der Waals surface area contributed by atoms with E-state index in [0.29, 0.717) is 12.8 Å². The average Bonchev–Trinajstić information content (AvgIpc) is 1.84. The van der Waals surface area contributed by atoms with E-state index in [1.54, 1.807) is 0 Å². The average molecular weight is 200 g/mol. The molecule has 0 amide bonds. The van der Waals surface area contributed by atoms with Crippen LogP contribution in [0.3, 0.4) is 0 Å². The van der Waals surface area contributed by atoms with Gasteiger partial charge in [0.2, 0.25) is 10.0 Å². The number of sulfonamides is 1. The summed E-state index contributed by atoms with van der Waals surface area (Å²) in [5.41, 5.74) is 0. The van der Waals surface area contributed by atoms with Crippen LogP contribution in [-0.2, 0) is 10.0 Å². The molecule has 6 heteroatoms. The summed E-state index contributed by atoms with van der Waals surface area (Å²) in [5.74, 6) is 0. The van der Waals surface area contributed by atoms with Gasteiger partial charge in [0, 0.05) is 6.04 Å². The van der Waals surface area contributed by atoms with Gasteiger partial charge in [-0.2, -0.15) is 0 Å². The topological polar surface area (TPSA) is 66.4 Å². The fourth-order valence-corrected chi connectivity index (χ4v) is 1.92. The normalized spacial score (nSPS) is 31.5. The molecular formula is C5H10ClNO3S. The van der Waals surface area contributed by atoms with E-state index in [1.165, 1.54) is 0 Å². The Morgan fingerprint density at radius 1 is 1.55 bits per heavy atom. The summed E-state index contributed by atoms with van der Waals surface area (Å²) in [5, 5.41) is 8.40. The molecule has 0 aromatic heterocycles. The van der Waals surface area contributed by atoms with Crippen molar-refractivity contribution in [2.45, 2.75) is 25.0 Å². The third kappa shape index (κ3) is 2.59. The number of aliphatic hydroxyl groups is 1. The summed E-state index contributed by atoms with van der Waals surface area (Å²) in [4.78, 5) is 0. The Kier molecular flexibility index (Phi) is 2.74. The van der Waals surface area contributed by atoms with Crippen molar-refractivity contribution < 1.29 is 13.5 Å². The van der Waals surface area contributed by atoms with E-state index in [0.717, 1.165) is 0 Å². The van der Waals surface area contributed by atoms with E-state index in [9.17, 15) is 8.42 Å². The highest BCUT2D eigenvalue weighted by Gasteiger charge is 2.30. The van der Waals surface area contributed by atoms with Crippen LogP contribution in [0.5, 0.6) is 0 Å². The second-order valence-corrected chi connectivity index (χ2v) is 5.00. The van der Waals surface area contributed by atoms with Crippen LogP contribution >= 0.6 is 11.6 Å².